The van der Waals surface area contributed by atoms with Crippen LogP contribution in [-0.2, 0) is 9.53 Å². The molecule has 32 heavy (non-hydrogen) atoms. The molecule has 0 radical (unpaired) electrons. The van der Waals surface area contributed by atoms with Crippen LogP contribution in [0.15, 0.2) is 35.5 Å². The average molecular weight is 476 g/mol. The molecule has 1 fully saturated rings. The van der Waals surface area contributed by atoms with Crippen molar-refractivity contribution in [2.45, 2.75) is 42.7 Å². The molecular weight excluding hydrogens is 455 g/mol. The van der Waals surface area contributed by atoms with E-state index in [1.807, 2.05) is 0 Å². The number of halogens is 5. The van der Waals surface area contributed by atoms with Crippen molar-refractivity contribution in [3.8, 4) is 5.75 Å². The van der Waals surface area contributed by atoms with Gasteiger partial charge < -0.3 is 14.8 Å². The molecule has 1 saturated heterocycles. The molecule has 4 atom stereocenters. The molecule has 2 aromatic rings. The van der Waals surface area contributed by atoms with Crippen LogP contribution in [0.25, 0.3) is 0 Å². The summed E-state index contributed by atoms with van der Waals surface area (Å²) in [6, 6.07) is 4.93. The highest BCUT2D eigenvalue weighted by molar-refractivity contribution is 7.98. The molecule has 1 aliphatic heterocycles. The number of hydrogen-bond donors (Lipinski definition) is 1. The van der Waals surface area contributed by atoms with Gasteiger partial charge in [-0.2, -0.15) is 17.6 Å². The Labute approximate surface area is 185 Å². The smallest absolute Gasteiger partial charge is 0.417 e. The van der Waals surface area contributed by atoms with Gasteiger partial charge in [-0.25, -0.2) is 9.37 Å². The molecule has 0 spiro atoms. The van der Waals surface area contributed by atoms with Crippen LogP contribution in [0.2, 0.25) is 0 Å². The van der Waals surface area contributed by atoms with Crippen molar-refractivity contribution in [1.29, 1.82) is 0 Å². The molecule has 3 rings (SSSR count). The number of alkyl halides is 3. The minimum absolute atomic E-state index is 0.0912. The highest BCUT2D eigenvalue weighted by Crippen LogP contribution is 2.55. The minimum Gasteiger partial charge on any atom is -0.493 e. The second-order valence-corrected chi connectivity index (χ2v) is 8.34. The first-order valence-electron chi connectivity index (χ1n) is 9.52. The zero-order valence-electron chi connectivity index (χ0n) is 17.6. The highest BCUT2D eigenvalue weighted by Gasteiger charge is 2.65. The summed E-state index contributed by atoms with van der Waals surface area (Å²) in [6.07, 6.45) is -3.26. The van der Waals surface area contributed by atoms with Gasteiger partial charge >= 0.3 is 6.18 Å². The van der Waals surface area contributed by atoms with Gasteiger partial charge in [-0.3, -0.25) is 4.79 Å². The lowest BCUT2D eigenvalue weighted by atomic mass is 9.77. The van der Waals surface area contributed by atoms with Gasteiger partial charge in [0.05, 0.1) is 12.1 Å². The first-order chi connectivity index (χ1) is 14.9. The Morgan fingerprint density at radius 1 is 1.28 bits per heavy atom. The topological polar surface area (TPSA) is 60.5 Å². The van der Waals surface area contributed by atoms with Crippen LogP contribution in [0.5, 0.6) is 5.75 Å². The third kappa shape index (κ3) is 4.15. The van der Waals surface area contributed by atoms with Crippen LogP contribution < -0.4 is 10.1 Å². The summed E-state index contributed by atoms with van der Waals surface area (Å²) in [5.74, 6) is -6.60. The predicted octanol–water partition coefficient (Wildman–Crippen LogP) is 5.17. The summed E-state index contributed by atoms with van der Waals surface area (Å²) in [5, 5.41) is 3.12. The van der Waals surface area contributed by atoms with Crippen molar-refractivity contribution in [1.82, 2.24) is 4.98 Å². The number of aromatic nitrogens is 1. The third-order valence-corrected chi connectivity index (χ3v) is 6.42. The predicted molar refractivity (Wildman–Crippen MR) is 109 cm³/mol. The molecule has 174 valence electrons. The first kappa shape index (κ1) is 24.2. The molecule has 11 heteroatoms. The maximum atomic E-state index is 14.4. The maximum absolute atomic E-state index is 14.4. The van der Waals surface area contributed by atoms with E-state index in [-0.39, 0.29) is 5.56 Å². The van der Waals surface area contributed by atoms with Crippen molar-refractivity contribution >= 4 is 23.4 Å². The summed E-state index contributed by atoms with van der Waals surface area (Å²) in [4.78, 5) is 17.1. The van der Waals surface area contributed by atoms with Crippen LogP contribution in [0.1, 0.15) is 25.3 Å². The van der Waals surface area contributed by atoms with Crippen LogP contribution in [0.3, 0.4) is 0 Å². The molecule has 1 amide bonds. The Morgan fingerprint density at radius 2 is 1.97 bits per heavy atom. The number of carbonyl (C=O) groups excluding carboxylic acids is 1. The number of benzene rings is 1. The Hall–Kier alpha value is -2.40. The molecule has 4 unspecified atom stereocenters. The zero-order valence-corrected chi connectivity index (χ0v) is 18.4. The van der Waals surface area contributed by atoms with Gasteiger partial charge in [-0.05, 0) is 31.4 Å². The minimum atomic E-state index is -4.83. The van der Waals surface area contributed by atoms with Gasteiger partial charge in [-0.1, -0.05) is 13.0 Å². The maximum Gasteiger partial charge on any atom is 0.417 e. The summed E-state index contributed by atoms with van der Waals surface area (Å²) < 4.78 is 80.2. The number of hydrogen-bond acceptors (Lipinski definition) is 5. The Morgan fingerprint density at radius 3 is 2.56 bits per heavy atom. The zero-order chi connectivity index (χ0) is 23.8. The number of pyridine rings is 1. The van der Waals surface area contributed by atoms with Gasteiger partial charge in [0.1, 0.15) is 6.10 Å². The number of nitrogens with one attached hydrogen (secondary N) is 1. The van der Waals surface area contributed by atoms with E-state index in [1.165, 1.54) is 30.9 Å². The van der Waals surface area contributed by atoms with E-state index in [4.69, 9.17) is 9.47 Å². The van der Waals surface area contributed by atoms with Crippen molar-refractivity contribution in [2.75, 3.05) is 18.7 Å². The fourth-order valence-electron chi connectivity index (χ4n) is 3.85. The number of nitrogens with zero attached hydrogens (tertiary/aromatic N) is 1. The van der Waals surface area contributed by atoms with E-state index in [0.717, 1.165) is 26.2 Å². The van der Waals surface area contributed by atoms with Gasteiger partial charge in [0.25, 0.3) is 5.91 Å². The highest BCUT2D eigenvalue weighted by atomic mass is 32.2. The summed E-state index contributed by atoms with van der Waals surface area (Å²) in [7, 11) is 1.07. The molecule has 1 aliphatic rings. The fourth-order valence-corrected chi connectivity index (χ4v) is 4.26. The van der Waals surface area contributed by atoms with E-state index in [2.05, 4.69) is 10.3 Å². The van der Waals surface area contributed by atoms with Crippen LogP contribution in [0.4, 0.5) is 27.6 Å². The lowest BCUT2D eigenvalue weighted by Gasteiger charge is -2.32. The Bertz CT molecular complexity index is 1020. The van der Waals surface area contributed by atoms with Crippen LogP contribution in [-0.4, -0.2) is 42.1 Å². The quantitative estimate of drug-likeness (QED) is 0.477. The molecule has 1 aromatic heterocycles. The standard InChI is InChI=1S/C21H21F5N2O3S/c1-10-15(12-5-6-13(22)16(23)17(12)30-3)18(31-20(10,2)21(24,25)26)19(29)28-11-7-8-27-14(9-11)32-4/h5-10,15,18H,1-4H3,(H,27,28,29). The van der Waals surface area contributed by atoms with E-state index < -0.39 is 53.0 Å². The lowest BCUT2D eigenvalue weighted by molar-refractivity contribution is -0.272. The summed E-state index contributed by atoms with van der Waals surface area (Å²) in [6.45, 7) is 2.09. The van der Waals surface area contributed by atoms with E-state index in [9.17, 15) is 26.7 Å². The third-order valence-electron chi connectivity index (χ3n) is 5.78. The summed E-state index contributed by atoms with van der Waals surface area (Å²) >= 11 is 1.31. The molecular formula is C21H21F5N2O3S. The van der Waals surface area contributed by atoms with Crippen LogP contribution >= 0.6 is 11.8 Å². The molecule has 0 aliphatic carbocycles. The lowest BCUT2D eigenvalue weighted by Crippen LogP contribution is -2.47. The second kappa shape index (κ2) is 8.86. The van der Waals surface area contributed by atoms with Crippen molar-refractivity contribution < 1.29 is 36.2 Å². The SMILES string of the molecule is COc1c(C2C(C(=O)Nc3ccnc(SC)c3)OC(C)(C(F)(F)F)C2C)ccc(F)c1F. The molecule has 2 heterocycles. The first-order valence-corrected chi connectivity index (χ1v) is 10.7. The van der Waals surface area contributed by atoms with E-state index in [0.29, 0.717) is 10.7 Å². The second-order valence-electron chi connectivity index (χ2n) is 7.52. The Balaban J connectivity index is 2.07. The van der Waals surface area contributed by atoms with Crippen molar-refractivity contribution in [2.24, 2.45) is 5.92 Å². The monoisotopic (exact) mass is 476 g/mol. The van der Waals surface area contributed by atoms with Gasteiger partial charge in [-0.15, -0.1) is 11.8 Å². The number of carbonyl (C=O) groups is 1. The van der Waals surface area contributed by atoms with Gasteiger partial charge in [0, 0.05) is 29.3 Å². The molecule has 1 aromatic carbocycles. The van der Waals surface area contributed by atoms with E-state index in [1.54, 1.807) is 12.3 Å². The summed E-state index contributed by atoms with van der Waals surface area (Å²) in [5.41, 5.74) is -2.49. The van der Waals surface area contributed by atoms with Crippen LogP contribution in [0, 0.1) is 17.6 Å². The van der Waals surface area contributed by atoms with Crippen molar-refractivity contribution in [3.05, 3.63) is 47.7 Å². The molecule has 0 saturated carbocycles. The normalized spacial score (nSPS) is 25.6. The number of methoxy groups -OCH3 is 1. The van der Waals surface area contributed by atoms with Gasteiger partial charge in [0.15, 0.2) is 17.2 Å². The molecule has 5 nitrogen and oxygen atoms in total. The van der Waals surface area contributed by atoms with Gasteiger partial charge in [0.2, 0.25) is 5.82 Å². The number of ether oxygens (including phenoxy) is 2. The number of amides is 1. The number of anilines is 1. The van der Waals surface area contributed by atoms with Crippen molar-refractivity contribution in [3.63, 3.8) is 0 Å². The fraction of sp³-hybridized carbons (Fsp3) is 0.429. The molecule has 1 N–H and O–H groups in total. The number of thioether (sulfide) groups is 1. The number of rotatable bonds is 5. The Kier molecular flexibility index (Phi) is 6.71. The van der Waals surface area contributed by atoms with E-state index >= 15 is 0 Å². The largest absolute Gasteiger partial charge is 0.493 e. The molecule has 0 bridgehead atoms. The average Bonchev–Trinajstić information content (AvgIpc) is 3.02.